The van der Waals surface area contributed by atoms with E-state index in [1.54, 1.807) is 12.1 Å². The fourth-order valence-corrected chi connectivity index (χ4v) is 3.07. The first kappa shape index (κ1) is 17.5. The van der Waals surface area contributed by atoms with Crippen molar-refractivity contribution < 1.29 is 21.6 Å². The first-order chi connectivity index (χ1) is 10.7. The molecule has 0 radical (unpaired) electrons. The van der Waals surface area contributed by atoms with E-state index in [4.69, 9.17) is 0 Å². The van der Waals surface area contributed by atoms with E-state index in [2.05, 4.69) is 4.72 Å². The summed E-state index contributed by atoms with van der Waals surface area (Å²) < 4.78 is 64.4. The van der Waals surface area contributed by atoms with Crippen LogP contribution in [0.15, 0.2) is 53.4 Å². The number of sulfonamides is 1. The Kier molecular flexibility index (Phi) is 5.11. The summed E-state index contributed by atoms with van der Waals surface area (Å²) in [6.07, 6.45) is -4.23. The minimum atomic E-state index is -4.41. The molecule has 7 heteroatoms. The summed E-state index contributed by atoms with van der Waals surface area (Å²) in [6.45, 7) is 1.87. The van der Waals surface area contributed by atoms with Gasteiger partial charge in [-0.25, -0.2) is 13.1 Å². The van der Waals surface area contributed by atoms with Gasteiger partial charge in [0.25, 0.3) is 0 Å². The molecule has 0 aliphatic carbocycles. The molecule has 0 spiro atoms. The predicted molar refractivity (Wildman–Crippen MR) is 81.5 cm³/mol. The zero-order valence-electron chi connectivity index (χ0n) is 12.4. The number of alkyl halides is 3. The molecule has 0 aliphatic heterocycles. The summed E-state index contributed by atoms with van der Waals surface area (Å²) in [5.41, 5.74) is 0.621. The van der Waals surface area contributed by atoms with E-state index in [0.717, 1.165) is 17.7 Å². The molecule has 2 aromatic rings. The van der Waals surface area contributed by atoms with E-state index in [1.165, 1.54) is 24.3 Å². The van der Waals surface area contributed by atoms with Crippen molar-refractivity contribution in [2.45, 2.75) is 24.4 Å². The molecule has 124 valence electrons. The van der Waals surface area contributed by atoms with Gasteiger partial charge < -0.3 is 0 Å². The van der Waals surface area contributed by atoms with E-state index >= 15 is 0 Å². The van der Waals surface area contributed by atoms with Crippen LogP contribution >= 0.6 is 0 Å². The first-order valence-electron chi connectivity index (χ1n) is 6.91. The van der Waals surface area contributed by atoms with Gasteiger partial charge >= 0.3 is 6.18 Å². The van der Waals surface area contributed by atoms with Crippen LogP contribution in [0.3, 0.4) is 0 Å². The minimum absolute atomic E-state index is 0.0253. The van der Waals surface area contributed by atoms with E-state index in [-0.39, 0.29) is 17.9 Å². The Bertz CT molecular complexity index is 769. The molecule has 0 heterocycles. The maximum absolute atomic E-state index is 12.6. The van der Waals surface area contributed by atoms with Crippen molar-refractivity contribution in [2.24, 2.45) is 0 Å². The molecule has 23 heavy (non-hydrogen) atoms. The number of hydrogen-bond acceptors (Lipinski definition) is 2. The average Bonchev–Trinajstić information content (AvgIpc) is 2.47. The lowest BCUT2D eigenvalue weighted by Crippen LogP contribution is -2.26. The molecule has 0 unspecified atom stereocenters. The van der Waals surface area contributed by atoms with Gasteiger partial charge in [-0.15, -0.1) is 0 Å². The predicted octanol–water partition coefficient (Wildman–Crippen LogP) is 3.53. The third kappa shape index (κ3) is 4.80. The van der Waals surface area contributed by atoms with Crippen LogP contribution in [0.5, 0.6) is 0 Å². The first-order valence-corrected chi connectivity index (χ1v) is 8.39. The molecule has 0 aliphatic rings. The van der Waals surface area contributed by atoms with E-state index in [1.807, 2.05) is 6.92 Å². The summed E-state index contributed by atoms with van der Waals surface area (Å²) >= 11 is 0. The monoisotopic (exact) mass is 343 g/mol. The van der Waals surface area contributed by atoms with Crippen LogP contribution in [0.2, 0.25) is 0 Å². The van der Waals surface area contributed by atoms with Crippen molar-refractivity contribution in [2.75, 3.05) is 6.54 Å². The molecule has 1 N–H and O–H groups in total. The number of aryl methyl sites for hydroxylation is 1. The fraction of sp³-hybridized carbons (Fsp3) is 0.250. The van der Waals surface area contributed by atoms with Crippen molar-refractivity contribution in [3.8, 4) is 0 Å². The maximum atomic E-state index is 12.6. The molecule has 2 aromatic carbocycles. The summed E-state index contributed by atoms with van der Waals surface area (Å²) in [5, 5.41) is 0. The van der Waals surface area contributed by atoms with Crippen LogP contribution in [0.1, 0.15) is 16.7 Å². The Hall–Kier alpha value is -1.86. The largest absolute Gasteiger partial charge is 0.416 e. The number of nitrogens with one attached hydrogen (secondary N) is 1. The smallest absolute Gasteiger partial charge is 0.211 e. The molecule has 0 bridgehead atoms. The van der Waals surface area contributed by atoms with Gasteiger partial charge in [-0.2, -0.15) is 13.2 Å². The Morgan fingerprint density at radius 1 is 1.04 bits per heavy atom. The molecule has 0 atom stereocenters. The maximum Gasteiger partial charge on any atom is 0.416 e. The van der Waals surface area contributed by atoms with Crippen LogP contribution in [-0.4, -0.2) is 15.0 Å². The Morgan fingerprint density at radius 2 is 1.70 bits per heavy atom. The summed E-state index contributed by atoms with van der Waals surface area (Å²) in [7, 11) is -3.66. The number of benzene rings is 2. The van der Waals surface area contributed by atoms with Gasteiger partial charge in [0.15, 0.2) is 0 Å². The lowest BCUT2D eigenvalue weighted by Gasteiger charge is -2.10. The van der Waals surface area contributed by atoms with Crippen molar-refractivity contribution >= 4 is 10.0 Å². The third-order valence-electron chi connectivity index (χ3n) is 3.29. The summed E-state index contributed by atoms with van der Waals surface area (Å²) in [4.78, 5) is 0.132. The molecular weight excluding hydrogens is 327 g/mol. The van der Waals surface area contributed by atoms with Gasteiger partial charge in [-0.1, -0.05) is 35.9 Å². The van der Waals surface area contributed by atoms with Crippen molar-refractivity contribution in [3.63, 3.8) is 0 Å². The Morgan fingerprint density at radius 3 is 2.30 bits per heavy atom. The van der Waals surface area contributed by atoms with Crippen molar-refractivity contribution in [1.29, 1.82) is 0 Å². The van der Waals surface area contributed by atoms with Gasteiger partial charge in [-0.3, -0.25) is 0 Å². The normalized spacial score (nSPS) is 12.3. The zero-order chi connectivity index (χ0) is 17.1. The van der Waals surface area contributed by atoms with Crippen LogP contribution < -0.4 is 4.72 Å². The van der Waals surface area contributed by atoms with Gasteiger partial charge in [0, 0.05) is 6.54 Å². The van der Waals surface area contributed by atoms with Gasteiger partial charge in [0.1, 0.15) is 0 Å². The molecular formula is C16H16F3NO2S. The molecule has 0 amide bonds. The highest BCUT2D eigenvalue weighted by atomic mass is 32.2. The highest BCUT2D eigenvalue weighted by Gasteiger charge is 2.30. The van der Waals surface area contributed by atoms with Crippen LogP contribution in [0, 0.1) is 6.92 Å². The van der Waals surface area contributed by atoms with E-state index in [9.17, 15) is 21.6 Å². The van der Waals surface area contributed by atoms with E-state index < -0.39 is 21.8 Å². The molecule has 0 aromatic heterocycles. The molecule has 3 nitrogen and oxygen atoms in total. The van der Waals surface area contributed by atoms with Gasteiger partial charge in [0.2, 0.25) is 10.0 Å². The van der Waals surface area contributed by atoms with Crippen molar-refractivity contribution in [1.82, 2.24) is 4.72 Å². The molecule has 0 fully saturated rings. The van der Waals surface area contributed by atoms with Gasteiger partial charge in [-0.05, 0) is 37.1 Å². The zero-order valence-corrected chi connectivity index (χ0v) is 13.2. The number of hydrogen-bond donors (Lipinski definition) is 1. The Balaban J connectivity index is 2.01. The molecule has 0 saturated heterocycles. The van der Waals surface area contributed by atoms with Crippen LogP contribution in [-0.2, 0) is 22.6 Å². The average molecular weight is 343 g/mol. The quantitative estimate of drug-likeness (QED) is 0.903. The highest BCUT2D eigenvalue weighted by Crippen LogP contribution is 2.29. The van der Waals surface area contributed by atoms with Crippen LogP contribution in [0.4, 0.5) is 13.2 Å². The van der Waals surface area contributed by atoms with Crippen molar-refractivity contribution in [3.05, 3.63) is 65.2 Å². The molecule has 2 rings (SSSR count). The number of rotatable bonds is 5. The lowest BCUT2D eigenvalue weighted by molar-refractivity contribution is -0.137. The Labute approximate surface area is 133 Å². The van der Waals surface area contributed by atoms with Gasteiger partial charge in [0.05, 0.1) is 10.5 Å². The summed E-state index contributed by atoms with van der Waals surface area (Å²) in [5.74, 6) is 0. The fourth-order valence-electron chi connectivity index (χ4n) is 2.03. The lowest BCUT2D eigenvalue weighted by atomic mass is 10.1. The second-order valence-electron chi connectivity index (χ2n) is 5.16. The molecule has 0 saturated carbocycles. The SMILES string of the molecule is Cc1ccc(S(=O)(=O)NCCc2cccc(C(F)(F)F)c2)cc1. The van der Waals surface area contributed by atoms with E-state index in [0.29, 0.717) is 5.56 Å². The summed E-state index contributed by atoms with van der Waals surface area (Å²) in [6, 6.07) is 11.2. The topological polar surface area (TPSA) is 46.2 Å². The highest BCUT2D eigenvalue weighted by molar-refractivity contribution is 7.89. The standard InChI is InChI=1S/C16H16F3NO2S/c1-12-5-7-15(8-6-12)23(21,22)20-10-9-13-3-2-4-14(11-13)16(17,18)19/h2-8,11,20H,9-10H2,1H3. The van der Waals surface area contributed by atoms with Crippen LogP contribution in [0.25, 0.3) is 0 Å². The second kappa shape index (κ2) is 6.72. The number of halogens is 3. The second-order valence-corrected chi connectivity index (χ2v) is 6.93. The third-order valence-corrected chi connectivity index (χ3v) is 4.77. The minimum Gasteiger partial charge on any atom is -0.211 e.